The van der Waals surface area contributed by atoms with Gasteiger partial charge in [0.2, 0.25) is 10.0 Å². The Balaban J connectivity index is 1.68. The minimum atomic E-state index is -3.56. The maximum Gasteiger partial charge on any atom is 0.255 e. The van der Waals surface area contributed by atoms with Crippen molar-refractivity contribution in [3.8, 4) is 11.1 Å². The Kier molecular flexibility index (Phi) is 6.46. The summed E-state index contributed by atoms with van der Waals surface area (Å²) in [7, 11) is -3.56. The fourth-order valence-electron chi connectivity index (χ4n) is 2.78. The molecule has 0 saturated heterocycles. The maximum atomic E-state index is 12.5. The monoisotopic (exact) mass is 408 g/mol. The highest BCUT2D eigenvalue weighted by atomic mass is 32.2. The third-order valence-corrected chi connectivity index (χ3v) is 6.25. The number of benzene rings is 3. The highest BCUT2D eigenvalue weighted by Crippen LogP contribution is 2.20. The normalized spacial score (nSPS) is 12.3. The van der Waals surface area contributed by atoms with Gasteiger partial charge in [0.1, 0.15) is 0 Å². The molecule has 2 N–H and O–H groups in total. The number of hydrogen-bond donors (Lipinski definition) is 2. The standard InChI is InChI=1S/C23H24N2O3S/c1-3-17(2)25-29(27,28)22-15-13-21(14-16-22)24-23(26)20-11-9-19(10-12-20)18-7-5-4-6-8-18/h4-17,25H,3H2,1-2H3,(H,24,26)/t17-/m0/s1. The number of rotatable bonds is 7. The number of amides is 1. The topological polar surface area (TPSA) is 75.3 Å². The summed E-state index contributed by atoms with van der Waals surface area (Å²) in [5, 5.41) is 2.79. The van der Waals surface area contributed by atoms with Gasteiger partial charge in [-0.05, 0) is 60.9 Å². The van der Waals surface area contributed by atoms with Crippen molar-refractivity contribution in [2.75, 3.05) is 5.32 Å². The summed E-state index contributed by atoms with van der Waals surface area (Å²) in [5.74, 6) is -0.252. The highest BCUT2D eigenvalue weighted by Gasteiger charge is 2.16. The molecule has 0 aliphatic heterocycles. The molecule has 0 aromatic heterocycles. The quantitative estimate of drug-likeness (QED) is 0.596. The Hall–Kier alpha value is -2.96. The van der Waals surface area contributed by atoms with Crippen molar-refractivity contribution in [1.82, 2.24) is 4.72 Å². The minimum absolute atomic E-state index is 0.141. The average Bonchev–Trinajstić information content (AvgIpc) is 2.74. The van der Waals surface area contributed by atoms with E-state index in [2.05, 4.69) is 10.0 Å². The van der Waals surface area contributed by atoms with E-state index in [9.17, 15) is 13.2 Å². The third-order valence-electron chi connectivity index (χ3n) is 4.65. The van der Waals surface area contributed by atoms with Gasteiger partial charge in [-0.25, -0.2) is 13.1 Å². The Morgan fingerprint density at radius 3 is 2.03 bits per heavy atom. The molecule has 0 heterocycles. The molecule has 0 unspecified atom stereocenters. The summed E-state index contributed by atoms with van der Waals surface area (Å²) in [6, 6.07) is 23.3. The number of nitrogens with one attached hydrogen (secondary N) is 2. The summed E-state index contributed by atoms with van der Waals surface area (Å²) in [6.45, 7) is 3.73. The van der Waals surface area contributed by atoms with Gasteiger partial charge in [-0.15, -0.1) is 0 Å². The van der Waals surface area contributed by atoms with Crippen molar-refractivity contribution < 1.29 is 13.2 Å². The van der Waals surface area contributed by atoms with Crippen LogP contribution in [0.15, 0.2) is 83.8 Å². The van der Waals surface area contributed by atoms with Crippen LogP contribution in [0, 0.1) is 0 Å². The van der Waals surface area contributed by atoms with E-state index >= 15 is 0 Å². The zero-order chi connectivity index (χ0) is 20.9. The van der Waals surface area contributed by atoms with Crippen LogP contribution in [0.25, 0.3) is 11.1 Å². The molecule has 3 aromatic carbocycles. The maximum absolute atomic E-state index is 12.5. The lowest BCUT2D eigenvalue weighted by molar-refractivity contribution is 0.102. The molecular weight excluding hydrogens is 384 g/mol. The van der Waals surface area contributed by atoms with Crippen LogP contribution in [0.4, 0.5) is 5.69 Å². The molecule has 0 radical (unpaired) electrons. The summed E-state index contributed by atoms with van der Waals surface area (Å²) < 4.78 is 27.2. The van der Waals surface area contributed by atoms with E-state index in [1.807, 2.05) is 56.3 Å². The lowest BCUT2D eigenvalue weighted by Gasteiger charge is -2.12. The van der Waals surface area contributed by atoms with Crippen molar-refractivity contribution in [2.45, 2.75) is 31.2 Å². The first-order valence-corrected chi connectivity index (χ1v) is 11.0. The van der Waals surface area contributed by atoms with Gasteiger partial charge in [-0.2, -0.15) is 0 Å². The van der Waals surface area contributed by atoms with Crippen molar-refractivity contribution in [3.63, 3.8) is 0 Å². The van der Waals surface area contributed by atoms with Crippen LogP contribution in [0.2, 0.25) is 0 Å². The first-order chi connectivity index (χ1) is 13.9. The molecule has 1 amide bonds. The molecule has 29 heavy (non-hydrogen) atoms. The van der Waals surface area contributed by atoms with Crippen LogP contribution in [0.1, 0.15) is 30.6 Å². The van der Waals surface area contributed by atoms with Gasteiger partial charge in [0.15, 0.2) is 0 Å². The summed E-state index contributed by atoms with van der Waals surface area (Å²) in [4.78, 5) is 12.7. The second-order valence-electron chi connectivity index (χ2n) is 6.85. The Labute approximate surface area is 171 Å². The van der Waals surface area contributed by atoms with Crippen molar-refractivity contribution in [3.05, 3.63) is 84.4 Å². The molecule has 1 atom stereocenters. The van der Waals surface area contributed by atoms with Crippen molar-refractivity contribution in [2.24, 2.45) is 0 Å². The van der Waals surface area contributed by atoms with Crippen LogP contribution in [-0.2, 0) is 10.0 Å². The number of carbonyl (C=O) groups is 1. The Morgan fingerprint density at radius 1 is 0.862 bits per heavy atom. The first kappa shape index (κ1) is 20.8. The van der Waals surface area contributed by atoms with Gasteiger partial charge in [-0.1, -0.05) is 49.4 Å². The van der Waals surface area contributed by atoms with Gasteiger partial charge < -0.3 is 5.32 Å². The van der Waals surface area contributed by atoms with E-state index in [4.69, 9.17) is 0 Å². The zero-order valence-corrected chi connectivity index (χ0v) is 17.2. The lowest BCUT2D eigenvalue weighted by Crippen LogP contribution is -2.31. The highest BCUT2D eigenvalue weighted by molar-refractivity contribution is 7.89. The molecule has 0 fully saturated rings. The number of sulfonamides is 1. The van der Waals surface area contributed by atoms with Crippen LogP contribution in [0.5, 0.6) is 0 Å². The summed E-state index contributed by atoms with van der Waals surface area (Å²) in [6.07, 6.45) is 0.705. The number of carbonyl (C=O) groups excluding carboxylic acids is 1. The minimum Gasteiger partial charge on any atom is -0.322 e. The van der Waals surface area contributed by atoms with Gasteiger partial charge >= 0.3 is 0 Å². The number of hydrogen-bond acceptors (Lipinski definition) is 3. The van der Waals surface area contributed by atoms with Crippen LogP contribution in [-0.4, -0.2) is 20.4 Å². The van der Waals surface area contributed by atoms with Gasteiger partial charge in [0.05, 0.1) is 4.90 Å². The average molecular weight is 409 g/mol. The lowest BCUT2D eigenvalue weighted by atomic mass is 10.0. The predicted octanol–water partition coefficient (Wildman–Crippen LogP) is 4.68. The van der Waals surface area contributed by atoms with Crippen molar-refractivity contribution >= 4 is 21.6 Å². The first-order valence-electron chi connectivity index (χ1n) is 9.48. The molecule has 5 nitrogen and oxygen atoms in total. The second kappa shape index (κ2) is 9.03. The summed E-state index contributed by atoms with van der Waals surface area (Å²) in [5.41, 5.74) is 3.18. The second-order valence-corrected chi connectivity index (χ2v) is 8.57. The largest absolute Gasteiger partial charge is 0.322 e. The molecule has 150 valence electrons. The molecule has 0 aliphatic rings. The fourth-order valence-corrected chi connectivity index (χ4v) is 4.11. The molecule has 3 aromatic rings. The third kappa shape index (κ3) is 5.31. The van der Waals surface area contributed by atoms with Gasteiger partial charge in [-0.3, -0.25) is 4.79 Å². The fraction of sp³-hybridized carbons (Fsp3) is 0.174. The van der Waals surface area contributed by atoms with E-state index in [-0.39, 0.29) is 16.8 Å². The summed E-state index contributed by atoms with van der Waals surface area (Å²) >= 11 is 0. The van der Waals surface area contributed by atoms with Crippen LogP contribution in [0.3, 0.4) is 0 Å². The van der Waals surface area contributed by atoms with Gasteiger partial charge in [0, 0.05) is 17.3 Å². The predicted molar refractivity (Wildman–Crippen MR) is 116 cm³/mol. The SMILES string of the molecule is CC[C@H](C)NS(=O)(=O)c1ccc(NC(=O)c2ccc(-c3ccccc3)cc2)cc1. The Morgan fingerprint density at radius 2 is 1.45 bits per heavy atom. The molecule has 0 spiro atoms. The molecule has 0 aliphatic carbocycles. The van der Waals surface area contributed by atoms with Gasteiger partial charge in [0.25, 0.3) is 5.91 Å². The van der Waals surface area contributed by atoms with E-state index < -0.39 is 10.0 Å². The molecule has 0 saturated carbocycles. The Bertz CT molecular complexity index is 1060. The molecule has 0 bridgehead atoms. The molecular formula is C23H24N2O3S. The van der Waals surface area contributed by atoms with E-state index in [1.54, 1.807) is 24.3 Å². The van der Waals surface area contributed by atoms with Crippen LogP contribution < -0.4 is 10.0 Å². The van der Waals surface area contributed by atoms with Crippen LogP contribution >= 0.6 is 0 Å². The van der Waals surface area contributed by atoms with E-state index in [0.717, 1.165) is 11.1 Å². The number of anilines is 1. The zero-order valence-electron chi connectivity index (χ0n) is 16.4. The molecule has 3 rings (SSSR count). The molecule has 6 heteroatoms. The smallest absolute Gasteiger partial charge is 0.255 e. The van der Waals surface area contributed by atoms with E-state index in [0.29, 0.717) is 17.7 Å². The van der Waals surface area contributed by atoms with E-state index in [1.165, 1.54) is 12.1 Å². The van der Waals surface area contributed by atoms with Crippen molar-refractivity contribution in [1.29, 1.82) is 0 Å².